The summed E-state index contributed by atoms with van der Waals surface area (Å²) in [4.78, 5) is 26.9. The Morgan fingerprint density at radius 1 is 1.06 bits per heavy atom. The van der Waals surface area contributed by atoms with Crippen LogP contribution in [-0.2, 0) is 0 Å². The van der Waals surface area contributed by atoms with Crippen molar-refractivity contribution in [3.8, 4) is 11.5 Å². The number of aromatic nitrogens is 1. The molecule has 3 aromatic rings. The van der Waals surface area contributed by atoms with Gasteiger partial charge in [0.25, 0.3) is 5.91 Å². The zero-order chi connectivity index (χ0) is 23.1. The highest BCUT2D eigenvalue weighted by Gasteiger charge is 2.37. The van der Waals surface area contributed by atoms with Crippen LogP contribution >= 0.6 is 0 Å². The van der Waals surface area contributed by atoms with E-state index in [0.717, 1.165) is 5.56 Å². The lowest BCUT2D eigenvalue weighted by Crippen LogP contribution is -2.55. The van der Waals surface area contributed by atoms with Crippen LogP contribution in [0.2, 0.25) is 0 Å². The van der Waals surface area contributed by atoms with Gasteiger partial charge in [0.2, 0.25) is 5.43 Å². The summed E-state index contributed by atoms with van der Waals surface area (Å²) in [7, 11) is 0. The largest absolute Gasteiger partial charge is 0.502 e. The molecular formula is C25H22FN3O4. The number of amides is 1. The van der Waals surface area contributed by atoms with E-state index in [1.165, 1.54) is 21.8 Å². The minimum absolute atomic E-state index is 0.127. The summed E-state index contributed by atoms with van der Waals surface area (Å²) in [6.45, 7) is 2.19. The normalized spacial score (nSPS) is 18.6. The van der Waals surface area contributed by atoms with E-state index in [1.54, 1.807) is 25.1 Å². The van der Waals surface area contributed by atoms with Crippen LogP contribution in [0.3, 0.4) is 0 Å². The van der Waals surface area contributed by atoms with Crippen LogP contribution in [0.25, 0.3) is 0 Å². The molecule has 2 aromatic carbocycles. The number of carbonyl (C=O) groups excluding carboxylic acids is 1. The highest BCUT2D eigenvalue weighted by molar-refractivity contribution is 5.96. The SMILES string of the molecule is Cc1ccc2c(c1F)OC/C=C\CN1CN([C@H]2c2ccccc2)n2ccc(=O)c(O)c2C1=O. The lowest BCUT2D eigenvalue weighted by atomic mass is 9.95. The van der Waals surface area contributed by atoms with Crippen molar-refractivity contribution in [1.29, 1.82) is 0 Å². The number of pyridine rings is 1. The van der Waals surface area contributed by atoms with Crippen LogP contribution in [0.1, 0.15) is 33.2 Å². The summed E-state index contributed by atoms with van der Waals surface area (Å²) in [6.07, 6.45) is 4.93. The molecule has 0 fully saturated rings. The third-order valence-electron chi connectivity index (χ3n) is 5.98. The highest BCUT2D eigenvalue weighted by Crippen LogP contribution is 2.39. The third-order valence-corrected chi connectivity index (χ3v) is 5.98. The van der Waals surface area contributed by atoms with Gasteiger partial charge in [-0.15, -0.1) is 0 Å². The first-order valence-corrected chi connectivity index (χ1v) is 10.6. The van der Waals surface area contributed by atoms with Crippen molar-refractivity contribution < 1.29 is 19.0 Å². The molecule has 0 aliphatic carbocycles. The second-order valence-corrected chi connectivity index (χ2v) is 8.04. The zero-order valence-electron chi connectivity index (χ0n) is 17.9. The number of hydrogen-bond acceptors (Lipinski definition) is 5. The summed E-state index contributed by atoms with van der Waals surface area (Å²) in [5.41, 5.74) is 1.08. The van der Waals surface area contributed by atoms with E-state index in [1.807, 2.05) is 41.4 Å². The molecule has 0 saturated carbocycles. The van der Waals surface area contributed by atoms with Crippen LogP contribution in [0, 0.1) is 12.7 Å². The van der Waals surface area contributed by atoms with Crippen molar-refractivity contribution >= 4 is 5.91 Å². The molecule has 3 heterocycles. The van der Waals surface area contributed by atoms with Gasteiger partial charge in [-0.05, 0) is 24.1 Å². The van der Waals surface area contributed by atoms with E-state index in [0.29, 0.717) is 11.1 Å². The van der Waals surface area contributed by atoms with Gasteiger partial charge in [-0.25, -0.2) is 4.39 Å². The van der Waals surface area contributed by atoms with Gasteiger partial charge in [0.05, 0.1) is 0 Å². The molecule has 2 bridgehead atoms. The summed E-state index contributed by atoms with van der Waals surface area (Å²) in [5.74, 6) is -1.40. The van der Waals surface area contributed by atoms with Gasteiger partial charge in [0, 0.05) is 24.4 Å². The molecule has 33 heavy (non-hydrogen) atoms. The number of halogens is 1. The molecule has 0 spiro atoms. The van der Waals surface area contributed by atoms with Gasteiger partial charge < -0.3 is 14.7 Å². The minimum atomic E-state index is -0.641. The van der Waals surface area contributed by atoms with Crippen LogP contribution in [0.5, 0.6) is 11.5 Å². The molecule has 2 aliphatic rings. The van der Waals surface area contributed by atoms with Crippen LogP contribution in [-0.4, -0.2) is 40.4 Å². The third kappa shape index (κ3) is 3.44. The standard InChI is InChI=1S/C25H22FN3O4/c1-16-9-10-18-21(17-7-3-2-4-8-17)29-15-27(12-5-6-14-33-24(18)20(16)26)25(32)22-23(31)19(30)11-13-28(22)29/h2-11,13,21,31H,12,14-15H2,1H3/b6-5-/t21-/m0/s1. The van der Waals surface area contributed by atoms with Crippen LogP contribution < -0.4 is 15.2 Å². The second kappa shape index (κ2) is 8.12. The molecule has 0 saturated heterocycles. The first-order chi connectivity index (χ1) is 16.0. The Hall–Kier alpha value is -4.07. The Labute approximate surface area is 189 Å². The molecule has 2 aliphatic heterocycles. The van der Waals surface area contributed by atoms with E-state index in [4.69, 9.17) is 4.74 Å². The highest BCUT2D eigenvalue weighted by atomic mass is 19.1. The van der Waals surface area contributed by atoms with Gasteiger partial charge in [-0.2, -0.15) is 0 Å². The number of carbonyl (C=O) groups is 1. The zero-order valence-corrected chi connectivity index (χ0v) is 17.9. The number of aryl methyl sites for hydroxylation is 1. The second-order valence-electron chi connectivity index (χ2n) is 8.04. The number of benzene rings is 2. The Bertz CT molecular complexity index is 1320. The Morgan fingerprint density at radius 3 is 2.64 bits per heavy atom. The number of aromatic hydroxyl groups is 1. The number of ether oxygens (including phenoxy) is 1. The van der Waals surface area contributed by atoms with E-state index < -0.39 is 28.9 Å². The minimum Gasteiger partial charge on any atom is -0.502 e. The van der Waals surface area contributed by atoms with Gasteiger partial charge in [0.1, 0.15) is 19.3 Å². The molecule has 1 N–H and O–H groups in total. The molecule has 0 unspecified atom stereocenters. The van der Waals surface area contributed by atoms with Gasteiger partial charge in [-0.3, -0.25) is 19.3 Å². The Balaban J connectivity index is 1.83. The predicted molar refractivity (Wildman–Crippen MR) is 121 cm³/mol. The number of fused-ring (bicyclic) bond motifs is 5. The summed E-state index contributed by atoms with van der Waals surface area (Å²) in [5, 5.41) is 12.4. The summed E-state index contributed by atoms with van der Waals surface area (Å²) < 4.78 is 22.7. The molecule has 7 nitrogen and oxygen atoms in total. The fourth-order valence-corrected chi connectivity index (χ4v) is 4.31. The Morgan fingerprint density at radius 2 is 1.85 bits per heavy atom. The van der Waals surface area contributed by atoms with Gasteiger partial charge in [-0.1, -0.05) is 48.5 Å². The molecule has 8 heteroatoms. The van der Waals surface area contributed by atoms with Gasteiger partial charge >= 0.3 is 0 Å². The maximum Gasteiger partial charge on any atom is 0.278 e. The van der Waals surface area contributed by atoms with Crippen LogP contribution in [0.15, 0.2) is 71.7 Å². The molecular weight excluding hydrogens is 425 g/mol. The molecule has 168 valence electrons. The lowest BCUT2D eigenvalue weighted by molar-refractivity contribution is 0.0701. The van der Waals surface area contributed by atoms with E-state index in [-0.39, 0.29) is 31.3 Å². The van der Waals surface area contributed by atoms with Crippen LogP contribution in [0.4, 0.5) is 4.39 Å². The number of nitrogens with zero attached hydrogens (tertiary/aromatic N) is 3. The number of hydrogen-bond donors (Lipinski definition) is 1. The number of rotatable bonds is 1. The monoisotopic (exact) mass is 447 g/mol. The van der Waals surface area contributed by atoms with E-state index in [9.17, 15) is 14.7 Å². The maximum absolute atomic E-state index is 15.3. The lowest BCUT2D eigenvalue weighted by Gasteiger charge is -2.43. The maximum atomic E-state index is 15.3. The molecule has 1 atom stereocenters. The van der Waals surface area contributed by atoms with Crippen molar-refractivity contribution in [3.63, 3.8) is 0 Å². The first-order valence-electron chi connectivity index (χ1n) is 10.6. The molecule has 0 radical (unpaired) electrons. The molecule has 1 amide bonds. The summed E-state index contributed by atoms with van der Waals surface area (Å²) in [6, 6.07) is 13.6. The molecule has 1 aromatic heterocycles. The van der Waals surface area contributed by atoms with E-state index in [2.05, 4.69) is 0 Å². The predicted octanol–water partition coefficient (Wildman–Crippen LogP) is 3.09. The fraction of sp³-hybridized carbons (Fsp3) is 0.200. The van der Waals surface area contributed by atoms with Crippen molar-refractivity contribution in [3.05, 3.63) is 105 Å². The smallest absolute Gasteiger partial charge is 0.278 e. The quantitative estimate of drug-likeness (QED) is 0.581. The average molecular weight is 447 g/mol. The van der Waals surface area contributed by atoms with Crippen molar-refractivity contribution in [2.24, 2.45) is 0 Å². The fourth-order valence-electron chi connectivity index (χ4n) is 4.31. The van der Waals surface area contributed by atoms with Crippen molar-refractivity contribution in [2.75, 3.05) is 24.8 Å². The Kier molecular flexibility index (Phi) is 5.12. The van der Waals surface area contributed by atoms with Crippen molar-refractivity contribution in [2.45, 2.75) is 13.0 Å². The van der Waals surface area contributed by atoms with Gasteiger partial charge in [0.15, 0.2) is 23.0 Å². The molecule has 5 rings (SSSR count). The van der Waals surface area contributed by atoms with E-state index >= 15 is 4.39 Å². The summed E-state index contributed by atoms with van der Waals surface area (Å²) >= 11 is 0. The first kappa shape index (κ1) is 20.8. The topological polar surface area (TPSA) is 75.0 Å². The average Bonchev–Trinajstić information content (AvgIpc) is 2.85. The van der Waals surface area contributed by atoms with Crippen molar-refractivity contribution in [1.82, 2.24) is 9.58 Å².